The van der Waals surface area contributed by atoms with Crippen LogP contribution in [-0.4, -0.2) is 11.4 Å². The first-order chi connectivity index (χ1) is 6.77. The molecule has 0 atom stereocenters. The van der Waals surface area contributed by atoms with Crippen molar-refractivity contribution in [3.05, 3.63) is 28.6 Å². The summed E-state index contributed by atoms with van der Waals surface area (Å²) in [6.07, 6.45) is 0.667. The predicted octanol–water partition coefficient (Wildman–Crippen LogP) is 3.16. The number of phenolic OH excluding ortho intramolecular Hbond substituents is 1. The molecule has 14 heavy (non-hydrogen) atoms. The van der Waals surface area contributed by atoms with Crippen molar-refractivity contribution in [2.75, 3.05) is 0 Å². The third kappa shape index (κ3) is 1.29. The molecule has 0 radical (unpaired) electrons. The largest absolute Gasteiger partial charge is 0.507 e. The zero-order valence-electron chi connectivity index (χ0n) is 7.16. The molecule has 0 spiro atoms. The van der Waals surface area contributed by atoms with Gasteiger partial charge in [-0.1, -0.05) is 0 Å². The third-order valence-electron chi connectivity index (χ3n) is 2.11. The summed E-state index contributed by atoms with van der Waals surface area (Å²) < 4.78 is 0.973. The average Bonchev–Trinajstić information content (AvgIpc) is 2.64. The van der Waals surface area contributed by atoms with Gasteiger partial charge in [-0.25, -0.2) is 0 Å². The molecule has 4 heteroatoms. The summed E-state index contributed by atoms with van der Waals surface area (Å²) in [5, 5.41) is 12.4. The smallest absolute Gasteiger partial charge is 0.154 e. The minimum Gasteiger partial charge on any atom is -0.507 e. The van der Waals surface area contributed by atoms with Crippen molar-refractivity contribution < 1.29 is 9.90 Å². The molecule has 0 saturated carbocycles. The Morgan fingerprint density at radius 3 is 3.00 bits per heavy atom. The topological polar surface area (TPSA) is 37.3 Å². The fraction of sp³-hybridized carbons (Fsp3) is 0.100. The Balaban J connectivity index is 2.87. The minimum atomic E-state index is 0.000833. The second kappa shape index (κ2) is 3.59. The number of benzene rings is 1. The van der Waals surface area contributed by atoms with Gasteiger partial charge in [0.05, 0.1) is 11.4 Å². The summed E-state index contributed by atoms with van der Waals surface area (Å²) in [7, 11) is 0. The minimum absolute atomic E-state index is 0.000833. The molecule has 0 aliphatic carbocycles. The molecule has 1 heterocycles. The van der Waals surface area contributed by atoms with Gasteiger partial charge >= 0.3 is 0 Å². The molecule has 0 saturated heterocycles. The van der Waals surface area contributed by atoms with Crippen molar-refractivity contribution in [2.24, 2.45) is 0 Å². The van der Waals surface area contributed by atoms with Crippen molar-refractivity contribution in [3.63, 3.8) is 0 Å². The van der Waals surface area contributed by atoms with E-state index in [1.807, 2.05) is 17.5 Å². The van der Waals surface area contributed by atoms with E-state index in [0.717, 1.165) is 10.1 Å². The van der Waals surface area contributed by atoms with Gasteiger partial charge in [0.25, 0.3) is 0 Å². The molecular formula is C10H7ClO2S. The van der Waals surface area contributed by atoms with Crippen LogP contribution < -0.4 is 0 Å². The molecule has 0 aliphatic rings. The van der Waals surface area contributed by atoms with Crippen LogP contribution in [0.4, 0.5) is 0 Å². The number of hydrogen-bond donors (Lipinski definition) is 1. The van der Waals surface area contributed by atoms with E-state index in [2.05, 4.69) is 0 Å². The summed E-state index contributed by atoms with van der Waals surface area (Å²) in [5.41, 5.74) is 0.933. The Morgan fingerprint density at radius 2 is 2.36 bits per heavy atom. The van der Waals surface area contributed by atoms with Crippen LogP contribution in [0.5, 0.6) is 5.75 Å². The van der Waals surface area contributed by atoms with Crippen molar-refractivity contribution in [3.8, 4) is 5.75 Å². The molecule has 0 unspecified atom stereocenters. The van der Waals surface area contributed by atoms with E-state index in [0.29, 0.717) is 17.4 Å². The Morgan fingerprint density at radius 1 is 1.57 bits per heavy atom. The van der Waals surface area contributed by atoms with E-state index >= 15 is 0 Å². The number of fused-ring (bicyclic) bond motifs is 1. The lowest BCUT2D eigenvalue weighted by molar-refractivity contribution is 0.112. The SMILES string of the molecule is O=Cc1c(O)c(CCl)cc2sccc12. The van der Waals surface area contributed by atoms with Crippen LogP contribution >= 0.6 is 22.9 Å². The van der Waals surface area contributed by atoms with Crippen molar-refractivity contribution in [2.45, 2.75) is 5.88 Å². The van der Waals surface area contributed by atoms with Crippen LogP contribution in [0.15, 0.2) is 17.5 Å². The highest BCUT2D eigenvalue weighted by Gasteiger charge is 2.11. The number of rotatable bonds is 2. The molecule has 72 valence electrons. The lowest BCUT2D eigenvalue weighted by Crippen LogP contribution is -1.87. The lowest BCUT2D eigenvalue weighted by atomic mass is 10.1. The molecule has 1 N–H and O–H groups in total. The van der Waals surface area contributed by atoms with E-state index in [-0.39, 0.29) is 11.6 Å². The molecule has 2 nitrogen and oxygen atoms in total. The van der Waals surface area contributed by atoms with E-state index in [1.54, 1.807) is 0 Å². The van der Waals surface area contributed by atoms with Crippen LogP contribution in [0.2, 0.25) is 0 Å². The van der Waals surface area contributed by atoms with Crippen molar-refractivity contribution >= 4 is 39.3 Å². The van der Waals surface area contributed by atoms with Gasteiger partial charge in [-0.3, -0.25) is 4.79 Å². The highest BCUT2D eigenvalue weighted by Crippen LogP contribution is 2.33. The van der Waals surface area contributed by atoms with Gasteiger partial charge in [-0.05, 0) is 17.5 Å². The number of thiophene rings is 1. The highest BCUT2D eigenvalue weighted by molar-refractivity contribution is 7.17. The van der Waals surface area contributed by atoms with Gasteiger partial charge in [0.15, 0.2) is 6.29 Å². The Bertz CT molecular complexity index is 490. The number of aromatic hydroxyl groups is 1. The van der Waals surface area contributed by atoms with Crippen molar-refractivity contribution in [1.29, 1.82) is 0 Å². The van der Waals surface area contributed by atoms with Crippen LogP contribution in [0.3, 0.4) is 0 Å². The van der Waals surface area contributed by atoms with Crippen LogP contribution in [0.1, 0.15) is 15.9 Å². The van der Waals surface area contributed by atoms with Gasteiger partial charge in [0.1, 0.15) is 5.75 Å². The summed E-state index contributed by atoms with van der Waals surface area (Å²) in [6.45, 7) is 0. The molecule has 2 aromatic rings. The number of aldehydes is 1. The number of carbonyl (C=O) groups is 1. The second-order valence-electron chi connectivity index (χ2n) is 2.88. The highest BCUT2D eigenvalue weighted by atomic mass is 35.5. The van der Waals surface area contributed by atoms with Gasteiger partial charge in [0, 0.05) is 15.6 Å². The Hall–Kier alpha value is -1.06. The molecule has 1 aromatic carbocycles. The Labute approximate surface area is 89.7 Å². The average molecular weight is 227 g/mol. The lowest BCUT2D eigenvalue weighted by Gasteiger charge is -2.04. The maximum absolute atomic E-state index is 10.8. The summed E-state index contributed by atoms with van der Waals surface area (Å²) in [6, 6.07) is 3.64. The fourth-order valence-corrected chi connectivity index (χ4v) is 2.47. The molecule has 1 aromatic heterocycles. The second-order valence-corrected chi connectivity index (χ2v) is 4.10. The number of phenols is 1. The zero-order valence-corrected chi connectivity index (χ0v) is 8.73. The van der Waals surface area contributed by atoms with Crippen LogP contribution in [-0.2, 0) is 5.88 Å². The first-order valence-corrected chi connectivity index (χ1v) is 5.42. The van der Waals surface area contributed by atoms with E-state index in [9.17, 15) is 9.90 Å². The number of alkyl halides is 1. The third-order valence-corrected chi connectivity index (χ3v) is 3.26. The predicted molar refractivity (Wildman–Crippen MR) is 58.4 cm³/mol. The van der Waals surface area contributed by atoms with Crippen LogP contribution in [0.25, 0.3) is 10.1 Å². The van der Waals surface area contributed by atoms with E-state index < -0.39 is 0 Å². The molecular weight excluding hydrogens is 220 g/mol. The van der Waals surface area contributed by atoms with Gasteiger partial charge < -0.3 is 5.11 Å². The number of halogens is 1. The van der Waals surface area contributed by atoms with Crippen LogP contribution in [0, 0.1) is 0 Å². The molecule has 0 bridgehead atoms. The normalized spacial score (nSPS) is 10.6. The monoisotopic (exact) mass is 226 g/mol. The van der Waals surface area contributed by atoms with E-state index in [1.165, 1.54) is 11.3 Å². The first kappa shape index (κ1) is 9.49. The molecule has 2 rings (SSSR count). The van der Waals surface area contributed by atoms with Gasteiger partial charge in [0.2, 0.25) is 0 Å². The quantitative estimate of drug-likeness (QED) is 0.631. The molecule has 0 amide bonds. The van der Waals surface area contributed by atoms with E-state index in [4.69, 9.17) is 11.6 Å². The summed E-state index contributed by atoms with van der Waals surface area (Å²) >= 11 is 7.18. The standard InChI is InChI=1S/C10H7ClO2S/c11-4-6-3-9-7(1-2-14-9)8(5-12)10(6)13/h1-3,5,13H,4H2. The van der Waals surface area contributed by atoms with Gasteiger partial charge in [-0.2, -0.15) is 0 Å². The maximum Gasteiger partial charge on any atom is 0.154 e. The molecule has 0 aliphatic heterocycles. The zero-order chi connectivity index (χ0) is 10.1. The van der Waals surface area contributed by atoms with Crippen molar-refractivity contribution in [1.82, 2.24) is 0 Å². The number of carbonyl (C=O) groups excluding carboxylic acids is 1. The van der Waals surface area contributed by atoms with Gasteiger partial charge in [-0.15, -0.1) is 22.9 Å². The summed E-state index contributed by atoms with van der Waals surface area (Å²) in [4.78, 5) is 10.8. The number of hydrogen-bond acceptors (Lipinski definition) is 3. The fourth-order valence-electron chi connectivity index (χ4n) is 1.40. The first-order valence-electron chi connectivity index (χ1n) is 4.01. The molecule has 0 fully saturated rings. The maximum atomic E-state index is 10.8. The summed E-state index contributed by atoms with van der Waals surface area (Å²) in [5.74, 6) is 0.210. The Kier molecular flexibility index (Phi) is 2.44.